The molecule has 13 heavy (non-hydrogen) atoms. The fraction of sp³-hybridized carbons (Fsp3) is 0.375. The number of hydrogen-bond donors (Lipinski definition) is 0. The molecule has 0 unspecified atom stereocenters. The molecule has 0 aromatic carbocycles. The van der Waals surface area contributed by atoms with Gasteiger partial charge in [0.1, 0.15) is 12.4 Å². The van der Waals surface area contributed by atoms with Crippen LogP contribution in [0.4, 0.5) is 8.78 Å². The SMILES string of the molecule is Cc1ncc(Cl)cc1OCC(F)F. The topological polar surface area (TPSA) is 22.1 Å². The molecular weight excluding hydrogens is 200 g/mol. The van der Waals surface area contributed by atoms with Crippen LogP contribution in [-0.4, -0.2) is 18.0 Å². The van der Waals surface area contributed by atoms with Gasteiger partial charge in [-0.15, -0.1) is 0 Å². The van der Waals surface area contributed by atoms with Crippen LogP contribution in [0.25, 0.3) is 0 Å². The number of rotatable bonds is 3. The number of pyridine rings is 1. The third-order valence-electron chi connectivity index (χ3n) is 1.37. The average Bonchev–Trinajstić information content (AvgIpc) is 2.06. The molecule has 0 saturated carbocycles. The monoisotopic (exact) mass is 207 g/mol. The predicted molar refractivity (Wildman–Crippen MR) is 45.5 cm³/mol. The molecule has 0 aliphatic carbocycles. The second-order valence-electron chi connectivity index (χ2n) is 2.44. The Bertz CT molecular complexity index is 293. The number of nitrogens with zero attached hydrogens (tertiary/aromatic N) is 1. The number of alkyl halides is 2. The fourth-order valence-corrected chi connectivity index (χ4v) is 0.936. The summed E-state index contributed by atoms with van der Waals surface area (Å²) in [5.74, 6) is 0.299. The molecule has 1 rings (SSSR count). The number of aryl methyl sites for hydroxylation is 1. The summed E-state index contributed by atoms with van der Waals surface area (Å²) in [5, 5.41) is 0.370. The lowest BCUT2D eigenvalue weighted by molar-refractivity contribution is 0.0813. The van der Waals surface area contributed by atoms with Gasteiger partial charge in [-0.2, -0.15) is 0 Å². The summed E-state index contributed by atoms with van der Waals surface area (Å²) in [4.78, 5) is 3.85. The third kappa shape index (κ3) is 3.14. The summed E-state index contributed by atoms with van der Waals surface area (Å²) in [7, 11) is 0. The van der Waals surface area contributed by atoms with Crippen LogP contribution in [0.2, 0.25) is 5.02 Å². The van der Waals surface area contributed by atoms with Crippen LogP contribution < -0.4 is 4.74 Å². The first-order valence-electron chi connectivity index (χ1n) is 3.62. The van der Waals surface area contributed by atoms with E-state index in [1.807, 2.05) is 0 Å². The summed E-state index contributed by atoms with van der Waals surface area (Å²) < 4.78 is 28.3. The van der Waals surface area contributed by atoms with Gasteiger partial charge in [0.25, 0.3) is 6.43 Å². The minimum absolute atomic E-state index is 0.299. The van der Waals surface area contributed by atoms with E-state index in [2.05, 4.69) is 4.98 Å². The standard InChI is InChI=1S/C8H8ClF2NO/c1-5-7(13-4-8(10)11)2-6(9)3-12-5/h2-3,8H,4H2,1H3. The highest BCUT2D eigenvalue weighted by atomic mass is 35.5. The average molecular weight is 208 g/mol. The zero-order chi connectivity index (χ0) is 9.84. The van der Waals surface area contributed by atoms with Gasteiger partial charge >= 0.3 is 0 Å². The lowest BCUT2D eigenvalue weighted by Crippen LogP contribution is -2.08. The van der Waals surface area contributed by atoms with Crippen LogP contribution in [0.1, 0.15) is 5.69 Å². The number of aromatic nitrogens is 1. The maximum Gasteiger partial charge on any atom is 0.272 e. The van der Waals surface area contributed by atoms with E-state index in [1.165, 1.54) is 12.3 Å². The summed E-state index contributed by atoms with van der Waals surface area (Å²) in [5.41, 5.74) is 0.546. The van der Waals surface area contributed by atoms with Crippen molar-refractivity contribution in [1.29, 1.82) is 0 Å². The molecule has 0 amide bonds. The molecule has 0 N–H and O–H groups in total. The van der Waals surface area contributed by atoms with Crippen molar-refractivity contribution in [2.75, 3.05) is 6.61 Å². The molecule has 1 heterocycles. The van der Waals surface area contributed by atoms with E-state index in [4.69, 9.17) is 16.3 Å². The van der Waals surface area contributed by atoms with Gasteiger partial charge in [-0.3, -0.25) is 4.98 Å². The van der Waals surface area contributed by atoms with Gasteiger partial charge in [0.2, 0.25) is 0 Å². The molecule has 0 bridgehead atoms. The van der Waals surface area contributed by atoms with Gasteiger partial charge in [-0.05, 0) is 6.92 Å². The van der Waals surface area contributed by atoms with Crippen LogP contribution in [0.15, 0.2) is 12.3 Å². The summed E-state index contributed by atoms with van der Waals surface area (Å²) in [6, 6.07) is 1.46. The van der Waals surface area contributed by atoms with Crippen molar-refractivity contribution in [3.63, 3.8) is 0 Å². The largest absolute Gasteiger partial charge is 0.486 e. The molecule has 0 aliphatic rings. The summed E-state index contributed by atoms with van der Waals surface area (Å²) >= 11 is 5.60. The molecule has 1 aromatic heterocycles. The van der Waals surface area contributed by atoms with Gasteiger partial charge in [0.15, 0.2) is 0 Å². The van der Waals surface area contributed by atoms with Crippen molar-refractivity contribution in [2.45, 2.75) is 13.3 Å². The molecule has 0 fully saturated rings. The molecule has 5 heteroatoms. The van der Waals surface area contributed by atoms with Crippen LogP contribution >= 0.6 is 11.6 Å². The normalized spacial score (nSPS) is 10.5. The Kier molecular flexibility index (Phi) is 3.42. The van der Waals surface area contributed by atoms with Crippen LogP contribution in [0.5, 0.6) is 5.75 Å². The zero-order valence-electron chi connectivity index (χ0n) is 6.93. The van der Waals surface area contributed by atoms with E-state index in [9.17, 15) is 8.78 Å². The van der Waals surface area contributed by atoms with Crippen molar-refractivity contribution < 1.29 is 13.5 Å². The molecule has 2 nitrogen and oxygen atoms in total. The highest BCUT2D eigenvalue weighted by molar-refractivity contribution is 6.30. The highest BCUT2D eigenvalue weighted by Crippen LogP contribution is 2.20. The summed E-state index contributed by atoms with van der Waals surface area (Å²) in [6.45, 7) is 1.03. The highest BCUT2D eigenvalue weighted by Gasteiger charge is 2.06. The lowest BCUT2D eigenvalue weighted by atomic mass is 10.3. The molecule has 1 aromatic rings. The molecule has 0 radical (unpaired) electrons. The minimum atomic E-state index is -2.49. The maximum absolute atomic E-state index is 11.8. The molecule has 0 atom stereocenters. The third-order valence-corrected chi connectivity index (χ3v) is 1.58. The molecule has 0 saturated heterocycles. The van der Waals surface area contributed by atoms with E-state index in [0.717, 1.165) is 0 Å². The van der Waals surface area contributed by atoms with Crippen LogP contribution in [0.3, 0.4) is 0 Å². The van der Waals surface area contributed by atoms with Crippen molar-refractivity contribution >= 4 is 11.6 Å². The maximum atomic E-state index is 11.8. The Labute approximate surface area is 79.5 Å². The van der Waals surface area contributed by atoms with Crippen LogP contribution in [0, 0.1) is 6.92 Å². The second kappa shape index (κ2) is 4.37. The Balaban J connectivity index is 2.70. The molecule has 0 aliphatic heterocycles. The second-order valence-corrected chi connectivity index (χ2v) is 2.88. The van der Waals surface area contributed by atoms with Crippen LogP contribution in [-0.2, 0) is 0 Å². The molecule has 72 valence electrons. The smallest absolute Gasteiger partial charge is 0.272 e. The van der Waals surface area contributed by atoms with Gasteiger partial charge in [0.05, 0.1) is 10.7 Å². The fourth-order valence-electron chi connectivity index (χ4n) is 0.788. The lowest BCUT2D eigenvalue weighted by Gasteiger charge is -2.07. The Hall–Kier alpha value is -0.900. The van der Waals surface area contributed by atoms with Gasteiger partial charge in [0, 0.05) is 12.3 Å². The Morgan fingerprint density at radius 2 is 2.31 bits per heavy atom. The van der Waals surface area contributed by atoms with Gasteiger partial charge in [-0.1, -0.05) is 11.6 Å². The van der Waals surface area contributed by atoms with E-state index < -0.39 is 13.0 Å². The number of halogens is 3. The van der Waals surface area contributed by atoms with Gasteiger partial charge in [-0.25, -0.2) is 8.78 Å². The van der Waals surface area contributed by atoms with Crippen molar-refractivity contribution in [1.82, 2.24) is 4.98 Å². The molecule has 0 spiro atoms. The Morgan fingerprint density at radius 1 is 1.62 bits per heavy atom. The van der Waals surface area contributed by atoms with Crippen molar-refractivity contribution in [3.05, 3.63) is 23.0 Å². The first-order valence-corrected chi connectivity index (χ1v) is 4.00. The minimum Gasteiger partial charge on any atom is -0.486 e. The van der Waals surface area contributed by atoms with E-state index in [-0.39, 0.29) is 0 Å². The number of ether oxygens (including phenoxy) is 1. The predicted octanol–water partition coefficient (Wildman–Crippen LogP) is 2.69. The summed E-state index contributed by atoms with van der Waals surface area (Å²) in [6.07, 6.45) is -1.05. The first-order chi connectivity index (χ1) is 6.09. The van der Waals surface area contributed by atoms with Crippen molar-refractivity contribution in [3.8, 4) is 5.75 Å². The van der Waals surface area contributed by atoms with Crippen molar-refractivity contribution in [2.24, 2.45) is 0 Å². The quantitative estimate of drug-likeness (QED) is 0.760. The zero-order valence-corrected chi connectivity index (χ0v) is 7.68. The van der Waals surface area contributed by atoms with E-state index in [0.29, 0.717) is 16.5 Å². The van der Waals surface area contributed by atoms with E-state index in [1.54, 1.807) is 6.92 Å². The molecular formula is C8H8ClF2NO. The first kappa shape index (κ1) is 10.2. The number of hydrogen-bond acceptors (Lipinski definition) is 2. The Morgan fingerprint density at radius 3 is 2.92 bits per heavy atom. The van der Waals surface area contributed by atoms with E-state index >= 15 is 0 Å². The van der Waals surface area contributed by atoms with Gasteiger partial charge < -0.3 is 4.74 Å².